The lowest BCUT2D eigenvalue weighted by molar-refractivity contribution is 0.0984. The minimum absolute atomic E-state index is 0.0336. The zero-order valence-corrected chi connectivity index (χ0v) is 11.6. The van der Waals surface area contributed by atoms with Crippen LogP contribution in [0.4, 0.5) is 0 Å². The Bertz CT molecular complexity index is 363. The zero-order chi connectivity index (χ0) is 12.3. The lowest BCUT2D eigenvalue weighted by atomic mass is 9.77. The third-order valence-corrected chi connectivity index (χ3v) is 5.01. The van der Waals surface area contributed by atoms with Crippen molar-refractivity contribution in [2.24, 2.45) is 5.92 Å². The molecule has 1 heterocycles. The highest BCUT2D eigenvalue weighted by Crippen LogP contribution is 2.32. The van der Waals surface area contributed by atoms with Gasteiger partial charge in [0.1, 0.15) is 0 Å². The first-order chi connectivity index (χ1) is 8.15. The molecular formula is C14H23NOS. The fourth-order valence-corrected chi connectivity index (χ4v) is 3.72. The lowest BCUT2D eigenvalue weighted by Crippen LogP contribution is -2.51. The Hall–Kier alpha value is -0.380. The lowest BCUT2D eigenvalue weighted by Gasteiger charge is -2.39. The van der Waals surface area contributed by atoms with Crippen LogP contribution in [0.15, 0.2) is 11.4 Å². The van der Waals surface area contributed by atoms with E-state index in [-0.39, 0.29) is 12.1 Å². The Morgan fingerprint density at radius 1 is 1.59 bits per heavy atom. The molecule has 1 aliphatic rings. The van der Waals surface area contributed by atoms with E-state index in [1.54, 1.807) is 11.3 Å². The second-order valence-electron chi connectivity index (χ2n) is 5.52. The maximum Gasteiger partial charge on any atom is 0.0613 e. The van der Waals surface area contributed by atoms with Crippen molar-refractivity contribution in [1.82, 2.24) is 5.32 Å². The van der Waals surface area contributed by atoms with E-state index < -0.39 is 0 Å². The summed E-state index contributed by atoms with van der Waals surface area (Å²) in [6.07, 6.45) is 4.76. The topological polar surface area (TPSA) is 32.3 Å². The van der Waals surface area contributed by atoms with Crippen molar-refractivity contribution in [3.8, 4) is 0 Å². The van der Waals surface area contributed by atoms with Gasteiger partial charge in [0.2, 0.25) is 0 Å². The molecule has 2 atom stereocenters. The van der Waals surface area contributed by atoms with Crippen molar-refractivity contribution >= 4 is 11.3 Å². The van der Waals surface area contributed by atoms with Gasteiger partial charge in [0.05, 0.1) is 6.61 Å². The molecule has 0 radical (unpaired) electrons. The quantitative estimate of drug-likeness (QED) is 0.864. The van der Waals surface area contributed by atoms with Crippen LogP contribution in [0.3, 0.4) is 0 Å². The normalized spacial score (nSPS) is 29.5. The molecule has 17 heavy (non-hydrogen) atoms. The molecule has 2 nitrogen and oxygen atoms in total. The number of hydrogen-bond donors (Lipinski definition) is 2. The first-order valence-electron chi connectivity index (χ1n) is 6.54. The van der Waals surface area contributed by atoms with Gasteiger partial charge in [-0.25, -0.2) is 0 Å². The number of thiophene rings is 1. The van der Waals surface area contributed by atoms with E-state index in [9.17, 15) is 5.11 Å². The SMILES string of the molecule is Cc1ccsc1CNC1(CO)CCCC(C)C1. The number of hydrogen-bond acceptors (Lipinski definition) is 3. The number of aliphatic hydroxyl groups excluding tert-OH is 1. The Morgan fingerprint density at radius 2 is 2.41 bits per heavy atom. The average Bonchev–Trinajstić information content (AvgIpc) is 2.72. The molecule has 0 amide bonds. The van der Waals surface area contributed by atoms with E-state index in [4.69, 9.17) is 0 Å². The second-order valence-corrected chi connectivity index (χ2v) is 6.52. The number of aliphatic hydroxyl groups is 1. The van der Waals surface area contributed by atoms with E-state index in [2.05, 4.69) is 30.6 Å². The maximum atomic E-state index is 9.70. The molecule has 1 fully saturated rings. The summed E-state index contributed by atoms with van der Waals surface area (Å²) in [6.45, 7) is 5.61. The van der Waals surface area contributed by atoms with Crippen LogP contribution >= 0.6 is 11.3 Å². The summed E-state index contributed by atoms with van der Waals surface area (Å²) in [5, 5.41) is 15.5. The average molecular weight is 253 g/mol. The molecule has 3 heteroatoms. The molecule has 2 rings (SSSR count). The third kappa shape index (κ3) is 3.09. The number of rotatable bonds is 4. The predicted octanol–water partition coefficient (Wildman–Crippen LogP) is 3.09. The van der Waals surface area contributed by atoms with E-state index in [0.717, 1.165) is 25.3 Å². The maximum absolute atomic E-state index is 9.70. The van der Waals surface area contributed by atoms with Crippen LogP contribution in [0.5, 0.6) is 0 Å². The van der Waals surface area contributed by atoms with E-state index in [1.807, 2.05) is 0 Å². The fraction of sp³-hybridized carbons (Fsp3) is 0.714. The molecule has 0 aromatic carbocycles. The summed E-state index contributed by atoms with van der Waals surface area (Å²) in [5.74, 6) is 0.729. The van der Waals surface area contributed by atoms with Crippen molar-refractivity contribution < 1.29 is 5.11 Å². The highest BCUT2D eigenvalue weighted by Gasteiger charge is 2.33. The summed E-state index contributed by atoms with van der Waals surface area (Å²) in [4.78, 5) is 1.40. The Labute approximate surface area is 108 Å². The standard InChI is InChI=1S/C14H23NOS/c1-11-4-3-6-14(8-11,10-16)15-9-13-12(2)5-7-17-13/h5,7,11,15-16H,3-4,6,8-10H2,1-2H3. The van der Waals surface area contributed by atoms with Gasteiger partial charge in [-0.2, -0.15) is 0 Å². The van der Waals surface area contributed by atoms with Crippen LogP contribution < -0.4 is 5.32 Å². The fourth-order valence-electron chi connectivity index (χ4n) is 2.87. The second kappa shape index (κ2) is 5.51. The van der Waals surface area contributed by atoms with Crippen molar-refractivity contribution in [3.05, 3.63) is 21.9 Å². The molecule has 0 spiro atoms. The molecule has 0 bridgehead atoms. The highest BCUT2D eigenvalue weighted by atomic mass is 32.1. The minimum atomic E-state index is -0.0336. The molecule has 1 aromatic heterocycles. The summed E-state index contributed by atoms with van der Waals surface area (Å²) < 4.78 is 0. The summed E-state index contributed by atoms with van der Waals surface area (Å²) >= 11 is 1.80. The van der Waals surface area contributed by atoms with Crippen LogP contribution in [0, 0.1) is 12.8 Å². The largest absolute Gasteiger partial charge is 0.394 e. The first kappa shape index (κ1) is 13.1. The van der Waals surface area contributed by atoms with E-state index in [1.165, 1.54) is 23.3 Å². The van der Waals surface area contributed by atoms with Gasteiger partial charge in [-0.05, 0) is 42.7 Å². The molecule has 1 saturated carbocycles. The number of nitrogens with one attached hydrogen (secondary N) is 1. The van der Waals surface area contributed by atoms with Crippen LogP contribution in [-0.2, 0) is 6.54 Å². The zero-order valence-electron chi connectivity index (χ0n) is 10.8. The summed E-state index contributed by atoms with van der Waals surface area (Å²) in [7, 11) is 0. The molecule has 0 aliphatic heterocycles. The van der Waals surface area contributed by atoms with Gasteiger partial charge < -0.3 is 10.4 Å². The Morgan fingerprint density at radius 3 is 3.00 bits per heavy atom. The minimum Gasteiger partial charge on any atom is -0.394 e. The molecule has 2 N–H and O–H groups in total. The summed E-state index contributed by atoms with van der Waals surface area (Å²) in [5.41, 5.74) is 1.33. The molecule has 0 saturated heterocycles. The molecule has 2 unspecified atom stereocenters. The van der Waals surface area contributed by atoms with Crippen LogP contribution in [-0.4, -0.2) is 17.3 Å². The van der Waals surface area contributed by atoms with Crippen molar-refractivity contribution in [3.63, 3.8) is 0 Å². The van der Waals surface area contributed by atoms with Gasteiger partial charge in [-0.15, -0.1) is 11.3 Å². The van der Waals surface area contributed by atoms with Gasteiger partial charge in [0.15, 0.2) is 0 Å². The van der Waals surface area contributed by atoms with Crippen LogP contribution in [0.2, 0.25) is 0 Å². The monoisotopic (exact) mass is 253 g/mol. The van der Waals surface area contributed by atoms with Crippen molar-refractivity contribution in [1.29, 1.82) is 0 Å². The molecule has 96 valence electrons. The highest BCUT2D eigenvalue weighted by molar-refractivity contribution is 7.10. The first-order valence-corrected chi connectivity index (χ1v) is 7.42. The van der Waals surface area contributed by atoms with Gasteiger partial charge in [0.25, 0.3) is 0 Å². The van der Waals surface area contributed by atoms with Gasteiger partial charge in [0, 0.05) is 17.0 Å². The van der Waals surface area contributed by atoms with Gasteiger partial charge >= 0.3 is 0 Å². The summed E-state index contributed by atoms with van der Waals surface area (Å²) in [6, 6.07) is 2.16. The van der Waals surface area contributed by atoms with Crippen LogP contribution in [0.1, 0.15) is 43.0 Å². The molecule has 1 aromatic rings. The molecular weight excluding hydrogens is 230 g/mol. The van der Waals surface area contributed by atoms with Gasteiger partial charge in [-0.1, -0.05) is 19.8 Å². The Kier molecular flexibility index (Phi) is 4.23. The predicted molar refractivity (Wildman–Crippen MR) is 73.3 cm³/mol. The van der Waals surface area contributed by atoms with E-state index in [0.29, 0.717) is 0 Å². The van der Waals surface area contributed by atoms with Crippen molar-refractivity contribution in [2.45, 2.75) is 51.6 Å². The van der Waals surface area contributed by atoms with Gasteiger partial charge in [-0.3, -0.25) is 0 Å². The third-order valence-electron chi connectivity index (χ3n) is 3.99. The smallest absolute Gasteiger partial charge is 0.0613 e. The molecule has 1 aliphatic carbocycles. The number of aryl methyl sites for hydroxylation is 1. The van der Waals surface area contributed by atoms with Crippen molar-refractivity contribution in [2.75, 3.05) is 6.61 Å². The Balaban J connectivity index is 1.97. The van der Waals surface area contributed by atoms with E-state index >= 15 is 0 Å². The van der Waals surface area contributed by atoms with Crippen LogP contribution in [0.25, 0.3) is 0 Å².